The molecule has 7 heteroatoms. The lowest BCUT2D eigenvalue weighted by Gasteiger charge is -2.27. The molecular formula is C18H17N3O3S. The third kappa shape index (κ3) is 4.19. The number of benzene rings is 2. The van der Waals surface area contributed by atoms with Gasteiger partial charge >= 0.3 is 0 Å². The fraction of sp³-hybridized carbons (Fsp3) is 0.167. The van der Waals surface area contributed by atoms with Gasteiger partial charge in [0.1, 0.15) is 12.3 Å². The summed E-state index contributed by atoms with van der Waals surface area (Å²) in [7, 11) is 1.59. The quantitative estimate of drug-likeness (QED) is 0.660. The number of rotatable bonds is 5. The maximum absolute atomic E-state index is 12.1. The zero-order valence-corrected chi connectivity index (χ0v) is 14.5. The second kappa shape index (κ2) is 7.85. The Kier molecular flexibility index (Phi) is 5.35. The van der Waals surface area contributed by atoms with Crippen LogP contribution in [0.2, 0.25) is 0 Å². The van der Waals surface area contributed by atoms with Crippen LogP contribution in [0.1, 0.15) is 5.56 Å². The standard InChI is InChI=1S/C18H17N3O3S/c1-24-14-6-4-5-13(9-14)10-19-20-17(22)11-21-15-7-2-3-8-16(15)25-12-18(21)23/h2-10H,11-12H2,1H3,(H,20,22). The van der Waals surface area contributed by atoms with Gasteiger partial charge in [0.2, 0.25) is 5.91 Å². The van der Waals surface area contributed by atoms with Crippen LogP contribution in [0.5, 0.6) is 5.75 Å². The van der Waals surface area contributed by atoms with Crippen molar-refractivity contribution in [2.75, 3.05) is 24.3 Å². The van der Waals surface area contributed by atoms with E-state index in [-0.39, 0.29) is 18.4 Å². The summed E-state index contributed by atoms with van der Waals surface area (Å²) in [6.07, 6.45) is 1.53. The van der Waals surface area contributed by atoms with Crippen LogP contribution >= 0.6 is 11.8 Å². The van der Waals surface area contributed by atoms with E-state index in [0.717, 1.165) is 16.1 Å². The maximum atomic E-state index is 12.1. The summed E-state index contributed by atoms with van der Waals surface area (Å²) >= 11 is 1.48. The highest BCUT2D eigenvalue weighted by atomic mass is 32.2. The molecule has 128 valence electrons. The number of carbonyl (C=O) groups excluding carboxylic acids is 2. The van der Waals surface area contributed by atoms with E-state index in [9.17, 15) is 9.59 Å². The number of fused-ring (bicyclic) bond motifs is 1. The van der Waals surface area contributed by atoms with E-state index in [4.69, 9.17) is 4.74 Å². The smallest absolute Gasteiger partial charge is 0.260 e. The average Bonchev–Trinajstić information content (AvgIpc) is 2.64. The Labute approximate surface area is 149 Å². The van der Waals surface area contributed by atoms with E-state index in [2.05, 4.69) is 10.5 Å². The van der Waals surface area contributed by atoms with Crippen molar-refractivity contribution in [1.29, 1.82) is 0 Å². The van der Waals surface area contributed by atoms with Crippen LogP contribution in [-0.2, 0) is 9.59 Å². The van der Waals surface area contributed by atoms with E-state index >= 15 is 0 Å². The number of amides is 2. The predicted molar refractivity (Wildman–Crippen MR) is 98.2 cm³/mol. The molecule has 2 aromatic carbocycles. The molecule has 0 atom stereocenters. The topological polar surface area (TPSA) is 71.0 Å². The second-order valence-electron chi connectivity index (χ2n) is 5.31. The lowest BCUT2D eigenvalue weighted by atomic mass is 10.2. The highest BCUT2D eigenvalue weighted by Crippen LogP contribution is 2.34. The van der Waals surface area contributed by atoms with Crippen molar-refractivity contribution in [3.63, 3.8) is 0 Å². The van der Waals surface area contributed by atoms with Crippen molar-refractivity contribution < 1.29 is 14.3 Å². The van der Waals surface area contributed by atoms with Gasteiger partial charge in [-0.2, -0.15) is 5.10 Å². The predicted octanol–water partition coefficient (Wildman–Crippen LogP) is 2.28. The first-order valence-corrected chi connectivity index (χ1v) is 8.64. The summed E-state index contributed by atoms with van der Waals surface area (Å²) in [5.41, 5.74) is 4.02. The number of methoxy groups -OCH3 is 1. The molecule has 1 heterocycles. The lowest BCUT2D eigenvalue weighted by Crippen LogP contribution is -2.42. The molecular weight excluding hydrogens is 338 g/mol. The zero-order valence-electron chi connectivity index (χ0n) is 13.6. The third-order valence-corrected chi connectivity index (χ3v) is 4.65. The first kappa shape index (κ1) is 17.0. The molecule has 1 aliphatic rings. The summed E-state index contributed by atoms with van der Waals surface area (Å²) in [5, 5.41) is 3.94. The molecule has 1 N–H and O–H groups in total. The van der Waals surface area contributed by atoms with Crippen LogP contribution in [-0.4, -0.2) is 37.4 Å². The summed E-state index contributed by atoms with van der Waals surface area (Å²) in [5.74, 6) is 0.602. The summed E-state index contributed by atoms with van der Waals surface area (Å²) in [4.78, 5) is 26.7. The Balaban J connectivity index is 1.63. The van der Waals surface area contributed by atoms with E-state index in [1.807, 2.05) is 42.5 Å². The van der Waals surface area contributed by atoms with Gasteiger partial charge < -0.3 is 9.64 Å². The number of hydrogen-bond donors (Lipinski definition) is 1. The number of thioether (sulfide) groups is 1. The van der Waals surface area contributed by atoms with Crippen molar-refractivity contribution in [3.8, 4) is 5.75 Å². The number of nitrogens with zero attached hydrogens (tertiary/aromatic N) is 2. The van der Waals surface area contributed by atoms with Gasteiger partial charge in [0.25, 0.3) is 5.91 Å². The van der Waals surface area contributed by atoms with E-state index in [1.54, 1.807) is 13.2 Å². The minimum absolute atomic E-state index is 0.0636. The molecule has 0 unspecified atom stereocenters. The fourth-order valence-electron chi connectivity index (χ4n) is 2.41. The molecule has 0 bridgehead atoms. The largest absolute Gasteiger partial charge is 0.497 e. The molecule has 0 aliphatic carbocycles. The number of anilines is 1. The Morgan fingerprint density at radius 3 is 3.00 bits per heavy atom. The van der Waals surface area contributed by atoms with Crippen molar-refractivity contribution in [2.24, 2.45) is 5.10 Å². The minimum Gasteiger partial charge on any atom is -0.497 e. The SMILES string of the molecule is COc1cccc(C=NNC(=O)CN2C(=O)CSc3ccccc32)c1. The molecule has 0 fully saturated rings. The first-order chi connectivity index (χ1) is 12.2. The van der Waals surface area contributed by atoms with Gasteiger partial charge in [-0.15, -0.1) is 11.8 Å². The maximum Gasteiger partial charge on any atom is 0.260 e. The number of ether oxygens (including phenoxy) is 1. The van der Waals surface area contributed by atoms with Crippen molar-refractivity contribution in [2.45, 2.75) is 4.90 Å². The first-order valence-electron chi connectivity index (χ1n) is 7.65. The lowest BCUT2D eigenvalue weighted by molar-refractivity contribution is -0.122. The number of hydrogen-bond acceptors (Lipinski definition) is 5. The van der Waals surface area contributed by atoms with Gasteiger partial charge in [0.15, 0.2) is 0 Å². The van der Waals surface area contributed by atoms with E-state index in [0.29, 0.717) is 11.5 Å². The molecule has 2 amide bonds. The van der Waals surface area contributed by atoms with Crippen LogP contribution < -0.4 is 15.1 Å². The minimum atomic E-state index is -0.353. The Morgan fingerprint density at radius 1 is 1.32 bits per heavy atom. The van der Waals surface area contributed by atoms with Gasteiger partial charge in [-0.3, -0.25) is 9.59 Å². The third-order valence-electron chi connectivity index (χ3n) is 3.61. The highest BCUT2D eigenvalue weighted by Gasteiger charge is 2.25. The van der Waals surface area contributed by atoms with Crippen LogP contribution in [0.3, 0.4) is 0 Å². The van der Waals surface area contributed by atoms with Crippen molar-refractivity contribution in [1.82, 2.24) is 5.43 Å². The van der Waals surface area contributed by atoms with E-state index in [1.165, 1.54) is 22.9 Å². The molecule has 6 nitrogen and oxygen atoms in total. The molecule has 0 saturated carbocycles. The summed E-state index contributed by atoms with van der Waals surface area (Å²) in [6, 6.07) is 14.9. The highest BCUT2D eigenvalue weighted by molar-refractivity contribution is 8.00. The van der Waals surface area contributed by atoms with Crippen LogP contribution in [0.15, 0.2) is 58.5 Å². The summed E-state index contributed by atoms with van der Waals surface area (Å²) < 4.78 is 5.13. The molecule has 0 saturated heterocycles. The van der Waals surface area contributed by atoms with Crippen LogP contribution in [0, 0.1) is 0 Å². The average molecular weight is 355 g/mol. The van der Waals surface area contributed by atoms with Gasteiger partial charge in [-0.1, -0.05) is 24.3 Å². The Hall–Kier alpha value is -2.80. The zero-order chi connectivity index (χ0) is 17.6. The van der Waals surface area contributed by atoms with Gasteiger partial charge in [0, 0.05) is 4.90 Å². The van der Waals surface area contributed by atoms with Crippen LogP contribution in [0.4, 0.5) is 5.69 Å². The van der Waals surface area contributed by atoms with Gasteiger partial charge in [-0.25, -0.2) is 5.43 Å². The fourth-order valence-corrected chi connectivity index (χ4v) is 3.34. The van der Waals surface area contributed by atoms with E-state index < -0.39 is 0 Å². The number of nitrogens with one attached hydrogen (secondary N) is 1. The Morgan fingerprint density at radius 2 is 2.16 bits per heavy atom. The van der Waals surface area contributed by atoms with Crippen molar-refractivity contribution >= 4 is 35.5 Å². The monoisotopic (exact) mass is 355 g/mol. The van der Waals surface area contributed by atoms with Crippen molar-refractivity contribution in [3.05, 3.63) is 54.1 Å². The molecule has 2 aromatic rings. The normalized spacial score (nSPS) is 13.6. The molecule has 3 rings (SSSR count). The van der Waals surface area contributed by atoms with Gasteiger partial charge in [0.05, 0.1) is 24.8 Å². The molecule has 1 aliphatic heterocycles. The molecule has 0 spiro atoms. The van der Waals surface area contributed by atoms with Crippen LogP contribution in [0.25, 0.3) is 0 Å². The molecule has 0 aromatic heterocycles. The molecule has 0 radical (unpaired) electrons. The number of carbonyl (C=O) groups is 2. The van der Waals surface area contributed by atoms with Gasteiger partial charge in [-0.05, 0) is 29.8 Å². The summed E-state index contributed by atoms with van der Waals surface area (Å²) in [6.45, 7) is -0.0636. The number of para-hydroxylation sites is 1. The molecule has 25 heavy (non-hydrogen) atoms. The Bertz CT molecular complexity index is 823. The second-order valence-corrected chi connectivity index (χ2v) is 6.32. The number of hydrazone groups is 1.